The predicted molar refractivity (Wildman–Crippen MR) is 107 cm³/mol. The summed E-state index contributed by atoms with van der Waals surface area (Å²) in [6.45, 7) is 3.59. The van der Waals surface area contributed by atoms with Crippen LogP contribution < -0.4 is 10.2 Å². The van der Waals surface area contributed by atoms with Crippen molar-refractivity contribution in [2.45, 2.75) is 19.9 Å². The maximum Gasteiger partial charge on any atom is 0.275 e. The molecule has 0 atom stereocenters. The van der Waals surface area contributed by atoms with Gasteiger partial charge in [0.1, 0.15) is 11.5 Å². The van der Waals surface area contributed by atoms with Gasteiger partial charge in [-0.1, -0.05) is 35.9 Å². The summed E-state index contributed by atoms with van der Waals surface area (Å²) in [5.74, 6) is 0.493. The molecule has 2 aromatic carbocycles. The highest BCUT2D eigenvalue weighted by molar-refractivity contribution is 6.30. The third-order valence-electron chi connectivity index (χ3n) is 4.76. The number of hydrogen-bond donors (Lipinski definition) is 1. The lowest BCUT2D eigenvalue weighted by Gasteiger charge is -2.29. The summed E-state index contributed by atoms with van der Waals surface area (Å²) in [7, 11) is 0. The number of rotatable bonds is 3. The molecule has 1 N–H and O–H groups in total. The van der Waals surface area contributed by atoms with Crippen molar-refractivity contribution in [1.82, 2.24) is 9.97 Å². The van der Waals surface area contributed by atoms with Crippen molar-refractivity contribution >= 4 is 29.0 Å². The normalized spacial score (nSPS) is 13.2. The first-order valence-electron chi connectivity index (χ1n) is 8.81. The monoisotopic (exact) mass is 378 g/mol. The van der Waals surface area contributed by atoms with Gasteiger partial charge in [-0.25, -0.2) is 9.97 Å². The molecule has 0 unspecified atom stereocenters. The molecule has 0 fully saturated rings. The Morgan fingerprint density at radius 2 is 1.93 bits per heavy atom. The van der Waals surface area contributed by atoms with Crippen LogP contribution >= 0.6 is 11.6 Å². The van der Waals surface area contributed by atoms with Crippen LogP contribution in [0.2, 0.25) is 5.02 Å². The Bertz CT molecular complexity index is 988. The van der Waals surface area contributed by atoms with Crippen molar-refractivity contribution in [2.24, 2.45) is 0 Å². The van der Waals surface area contributed by atoms with Gasteiger partial charge in [0.25, 0.3) is 5.91 Å². The van der Waals surface area contributed by atoms with Crippen LogP contribution in [0.25, 0.3) is 0 Å². The molecule has 27 heavy (non-hydrogen) atoms. The van der Waals surface area contributed by atoms with Crippen molar-refractivity contribution in [2.75, 3.05) is 16.8 Å². The Morgan fingerprint density at radius 1 is 1.11 bits per heavy atom. The van der Waals surface area contributed by atoms with Gasteiger partial charge in [0.2, 0.25) is 0 Å². The number of hydrogen-bond acceptors (Lipinski definition) is 4. The fraction of sp³-hybridized carbons (Fsp3) is 0.190. The summed E-state index contributed by atoms with van der Waals surface area (Å²) in [4.78, 5) is 23.4. The Morgan fingerprint density at radius 3 is 2.67 bits per heavy atom. The maximum absolute atomic E-state index is 12.4. The van der Waals surface area contributed by atoms with E-state index in [1.54, 1.807) is 24.4 Å². The molecule has 2 heterocycles. The zero-order valence-corrected chi connectivity index (χ0v) is 15.7. The zero-order chi connectivity index (χ0) is 18.8. The van der Waals surface area contributed by atoms with E-state index >= 15 is 0 Å². The van der Waals surface area contributed by atoms with Gasteiger partial charge in [0.15, 0.2) is 0 Å². The summed E-state index contributed by atoms with van der Waals surface area (Å²) in [6.07, 6.45) is 4.17. The standard InChI is InChI=1S/C21H19ClN4O/c1-14-10-17(22)6-7-18(14)25-21(27)19-11-24-20(12-23-19)26-9-8-15-4-2-3-5-16(15)13-26/h2-7,10-12H,8-9,13H2,1H3,(H,25,27). The minimum absolute atomic E-state index is 0.283. The van der Waals surface area contributed by atoms with Crippen LogP contribution in [0.15, 0.2) is 54.9 Å². The van der Waals surface area contributed by atoms with Crippen LogP contribution in [0.3, 0.4) is 0 Å². The Kier molecular flexibility index (Phi) is 4.77. The molecule has 0 saturated carbocycles. The van der Waals surface area contributed by atoms with Gasteiger partial charge in [-0.3, -0.25) is 4.79 Å². The lowest BCUT2D eigenvalue weighted by Crippen LogP contribution is -2.31. The second-order valence-corrected chi connectivity index (χ2v) is 7.05. The van der Waals surface area contributed by atoms with E-state index < -0.39 is 0 Å². The van der Waals surface area contributed by atoms with E-state index in [2.05, 4.69) is 44.5 Å². The average molecular weight is 379 g/mol. The van der Waals surface area contributed by atoms with E-state index in [4.69, 9.17) is 11.6 Å². The number of benzene rings is 2. The SMILES string of the molecule is Cc1cc(Cl)ccc1NC(=O)c1cnc(N2CCc3ccccc3C2)cn1. The van der Waals surface area contributed by atoms with Crippen molar-refractivity contribution in [3.63, 3.8) is 0 Å². The summed E-state index contributed by atoms with van der Waals surface area (Å²) < 4.78 is 0. The lowest BCUT2D eigenvalue weighted by atomic mass is 10.0. The molecule has 0 saturated heterocycles. The molecule has 1 aliphatic rings. The van der Waals surface area contributed by atoms with Gasteiger partial charge in [-0.2, -0.15) is 0 Å². The molecule has 4 rings (SSSR count). The predicted octanol–water partition coefficient (Wildman–Crippen LogP) is 4.25. The number of carbonyl (C=O) groups excluding carboxylic acids is 1. The number of aryl methyl sites for hydroxylation is 1. The number of halogens is 1. The van der Waals surface area contributed by atoms with Gasteiger partial charge < -0.3 is 10.2 Å². The average Bonchev–Trinajstić information content (AvgIpc) is 2.70. The summed E-state index contributed by atoms with van der Waals surface area (Å²) in [5.41, 5.74) is 4.59. The number of amides is 1. The van der Waals surface area contributed by atoms with Gasteiger partial charge in [0, 0.05) is 23.8 Å². The van der Waals surface area contributed by atoms with Gasteiger partial charge in [-0.05, 0) is 48.2 Å². The molecule has 0 aliphatic carbocycles. The van der Waals surface area contributed by atoms with Crippen LogP contribution in [0.1, 0.15) is 27.2 Å². The van der Waals surface area contributed by atoms with E-state index in [1.807, 2.05) is 6.92 Å². The molecule has 5 nitrogen and oxygen atoms in total. The topological polar surface area (TPSA) is 58.1 Å². The molecule has 0 bridgehead atoms. The van der Waals surface area contributed by atoms with E-state index in [1.165, 1.54) is 17.3 Å². The summed E-state index contributed by atoms with van der Waals surface area (Å²) in [6, 6.07) is 13.8. The number of fused-ring (bicyclic) bond motifs is 1. The summed E-state index contributed by atoms with van der Waals surface area (Å²) in [5, 5.41) is 3.49. The number of aromatic nitrogens is 2. The molecule has 6 heteroatoms. The largest absolute Gasteiger partial charge is 0.351 e. The molecule has 136 valence electrons. The van der Waals surface area contributed by atoms with Crippen LogP contribution in [0, 0.1) is 6.92 Å². The molecule has 0 radical (unpaired) electrons. The second-order valence-electron chi connectivity index (χ2n) is 6.61. The van der Waals surface area contributed by atoms with Crippen LogP contribution in [0.5, 0.6) is 0 Å². The first-order chi connectivity index (χ1) is 13.1. The number of nitrogens with zero attached hydrogens (tertiary/aromatic N) is 3. The van der Waals surface area contributed by atoms with Crippen molar-refractivity contribution in [1.29, 1.82) is 0 Å². The van der Waals surface area contributed by atoms with Crippen LogP contribution in [-0.4, -0.2) is 22.4 Å². The highest BCUT2D eigenvalue weighted by atomic mass is 35.5. The highest BCUT2D eigenvalue weighted by Crippen LogP contribution is 2.23. The minimum Gasteiger partial charge on any atom is -0.351 e. The Balaban J connectivity index is 1.47. The quantitative estimate of drug-likeness (QED) is 0.740. The fourth-order valence-corrected chi connectivity index (χ4v) is 3.47. The first kappa shape index (κ1) is 17.5. The van der Waals surface area contributed by atoms with E-state index in [0.717, 1.165) is 30.9 Å². The summed E-state index contributed by atoms with van der Waals surface area (Å²) >= 11 is 5.95. The molecule has 3 aromatic rings. The van der Waals surface area contributed by atoms with E-state index in [0.29, 0.717) is 10.7 Å². The fourth-order valence-electron chi connectivity index (χ4n) is 3.25. The second kappa shape index (κ2) is 7.37. The Labute approximate surface area is 163 Å². The third kappa shape index (κ3) is 3.78. The minimum atomic E-state index is -0.288. The maximum atomic E-state index is 12.4. The lowest BCUT2D eigenvalue weighted by molar-refractivity contribution is 0.102. The smallest absolute Gasteiger partial charge is 0.275 e. The first-order valence-corrected chi connectivity index (χ1v) is 9.19. The number of carbonyl (C=O) groups is 1. The highest BCUT2D eigenvalue weighted by Gasteiger charge is 2.18. The molecular formula is C21H19ClN4O. The van der Waals surface area contributed by atoms with Gasteiger partial charge in [-0.15, -0.1) is 0 Å². The van der Waals surface area contributed by atoms with Crippen molar-refractivity contribution in [3.05, 3.63) is 82.3 Å². The number of anilines is 2. The van der Waals surface area contributed by atoms with Crippen molar-refractivity contribution < 1.29 is 4.79 Å². The molecule has 1 aliphatic heterocycles. The van der Waals surface area contributed by atoms with E-state index in [-0.39, 0.29) is 11.6 Å². The van der Waals surface area contributed by atoms with Gasteiger partial charge in [0.05, 0.1) is 12.4 Å². The van der Waals surface area contributed by atoms with Crippen LogP contribution in [0.4, 0.5) is 11.5 Å². The molecule has 1 aromatic heterocycles. The number of nitrogens with one attached hydrogen (secondary N) is 1. The molecule has 0 spiro atoms. The van der Waals surface area contributed by atoms with Crippen LogP contribution in [-0.2, 0) is 13.0 Å². The van der Waals surface area contributed by atoms with E-state index in [9.17, 15) is 4.79 Å². The molecular weight excluding hydrogens is 360 g/mol. The molecule has 1 amide bonds. The zero-order valence-electron chi connectivity index (χ0n) is 14.9. The Hall–Kier alpha value is -2.92. The van der Waals surface area contributed by atoms with Crippen molar-refractivity contribution in [3.8, 4) is 0 Å². The van der Waals surface area contributed by atoms with Gasteiger partial charge >= 0.3 is 0 Å². The third-order valence-corrected chi connectivity index (χ3v) is 5.00.